The molecule has 36 heavy (non-hydrogen) atoms. The van der Waals surface area contributed by atoms with Gasteiger partial charge in [-0.3, -0.25) is 4.31 Å². The van der Waals surface area contributed by atoms with Crippen LogP contribution in [0.3, 0.4) is 0 Å². The first kappa shape index (κ1) is 27.0. The normalized spacial score (nSPS) is 11.1. The van der Waals surface area contributed by atoms with Gasteiger partial charge in [0.05, 0.1) is 31.3 Å². The second-order valence-corrected chi connectivity index (χ2v) is 9.76. The molecule has 0 spiro atoms. The number of carbonyl (C=O) groups excluding carboxylic acids is 1. The van der Waals surface area contributed by atoms with Crippen LogP contribution in [0.25, 0.3) is 0 Å². The van der Waals surface area contributed by atoms with E-state index in [2.05, 4.69) is 0 Å². The van der Waals surface area contributed by atoms with Crippen LogP contribution in [0.15, 0.2) is 59.5 Å². The van der Waals surface area contributed by atoms with Gasteiger partial charge in [0.1, 0.15) is 17.7 Å². The SMILES string of the molecule is COc1ccc(S(=O)(=O)N(CCNC(=O)[O-])c2ccc(Cl)cc2Cc2c(F)cccc2F)cc1OC. The van der Waals surface area contributed by atoms with Crippen LogP contribution in [0.4, 0.5) is 19.3 Å². The van der Waals surface area contributed by atoms with Crippen LogP contribution in [-0.4, -0.2) is 41.8 Å². The van der Waals surface area contributed by atoms with Gasteiger partial charge < -0.3 is 24.7 Å². The number of hydrogen-bond donors (Lipinski definition) is 1. The van der Waals surface area contributed by atoms with Gasteiger partial charge >= 0.3 is 0 Å². The Hall–Kier alpha value is -3.57. The molecule has 0 aromatic heterocycles. The lowest BCUT2D eigenvalue weighted by atomic mass is 10.0. The molecule has 3 aromatic rings. The molecule has 1 N–H and O–H groups in total. The minimum atomic E-state index is -4.34. The Bertz CT molecular complexity index is 1350. The van der Waals surface area contributed by atoms with Crippen molar-refractivity contribution >= 4 is 33.4 Å². The Morgan fingerprint density at radius 1 is 1.03 bits per heavy atom. The van der Waals surface area contributed by atoms with E-state index in [1.807, 2.05) is 5.32 Å². The lowest BCUT2D eigenvalue weighted by Gasteiger charge is -2.28. The van der Waals surface area contributed by atoms with Gasteiger partial charge in [-0.1, -0.05) is 17.7 Å². The summed E-state index contributed by atoms with van der Waals surface area (Å²) in [6, 6.07) is 11.5. The molecule has 0 fully saturated rings. The highest BCUT2D eigenvalue weighted by molar-refractivity contribution is 7.92. The molecule has 1 amide bonds. The summed E-state index contributed by atoms with van der Waals surface area (Å²) in [5.74, 6) is -1.18. The number of methoxy groups -OCH3 is 2. The van der Waals surface area contributed by atoms with Crippen molar-refractivity contribution in [2.24, 2.45) is 0 Å². The second-order valence-electron chi connectivity index (χ2n) is 7.46. The van der Waals surface area contributed by atoms with Crippen molar-refractivity contribution in [3.05, 3.63) is 82.4 Å². The van der Waals surface area contributed by atoms with Gasteiger partial charge in [0, 0.05) is 29.6 Å². The Morgan fingerprint density at radius 3 is 2.31 bits per heavy atom. The Kier molecular flexibility index (Phi) is 8.59. The zero-order chi connectivity index (χ0) is 26.5. The number of carbonyl (C=O) groups is 1. The number of nitrogens with one attached hydrogen (secondary N) is 1. The molecule has 0 unspecified atom stereocenters. The third-order valence-electron chi connectivity index (χ3n) is 5.27. The maximum atomic E-state index is 14.4. The van der Waals surface area contributed by atoms with Gasteiger partial charge in [0.2, 0.25) is 0 Å². The first-order valence-electron chi connectivity index (χ1n) is 10.5. The van der Waals surface area contributed by atoms with E-state index in [1.54, 1.807) is 0 Å². The highest BCUT2D eigenvalue weighted by Crippen LogP contribution is 2.35. The van der Waals surface area contributed by atoms with E-state index in [9.17, 15) is 27.1 Å². The van der Waals surface area contributed by atoms with Crippen LogP contribution < -0.4 is 24.2 Å². The zero-order valence-electron chi connectivity index (χ0n) is 19.3. The summed E-state index contributed by atoms with van der Waals surface area (Å²) in [7, 11) is -1.61. The van der Waals surface area contributed by atoms with Gasteiger partial charge in [-0.2, -0.15) is 0 Å². The van der Waals surface area contributed by atoms with Crippen LogP contribution >= 0.6 is 11.6 Å². The van der Waals surface area contributed by atoms with Crippen LogP contribution in [0.5, 0.6) is 11.5 Å². The first-order valence-corrected chi connectivity index (χ1v) is 12.3. The highest BCUT2D eigenvalue weighted by atomic mass is 35.5. The number of nitrogens with zero attached hydrogens (tertiary/aromatic N) is 1. The lowest BCUT2D eigenvalue weighted by molar-refractivity contribution is -0.250. The van der Waals surface area contributed by atoms with Crippen molar-refractivity contribution in [1.82, 2.24) is 5.32 Å². The number of benzene rings is 3. The predicted molar refractivity (Wildman–Crippen MR) is 128 cm³/mol. The third-order valence-corrected chi connectivity index (χ3v) is 7.31. The summed E-state index contributed by atoms with van der Waals surface area (Å²) >= 11 is 6.13. The summed E-state index contributed by atoms with van der Waals surface area (Å²) in [6.45, 7) is -0.690. The fraction of sp³-hybridized carbons (Fsp3) is 0.208. The smallest absolute Gasteiger partial charge is 0.264 e. The maximum absolute atomic E-state index is 14.4. The van der Waals surface area contributed by atoms with E-state index in [0.29, 0.717) is 5.75 Å². The van der Waals surface area contributed by atoms with Gasteiger partial charge in [-0.15, -0.1) is 0 Å². The number of rotatable bonds is 10. The Balaban J connectivity index is 2.15. The zero-order valence-corrected chi connectivity index (χ0v) is 20.8. The Morgan fingerprint density at radius 2 is 1.69 bits per heavy atom. The monoisotopic (exact) mass is 539 g/mol. The van der Waals surface area contributed by atoms with E-state index >= 15 is 0 Å². The fourth-order valence-corrected chi connectivity index (χ4v) is 5.28. The van der Waals surface area contributed by atoms with Crippen LogP contribution in [0.1, 0.15) is 11.1 Å². The van der Waals surface area contributed by atoms with Crippen LogP contribution in [0, 0.1) is 11.6 Å². The molecule has 0 heterocycles. The molecular formula is C24H22ClF2N2O6S-. The molecular weight excluding hydrogens is 518 g/mol. The minimum Gasteiger partial charge on any atom is -0.530 e. The summed E-state index contributed by atoms with van der Waals surface area (Å²) in [5, 5.41) is 13.1. The second kappa shape index (κ2) is 11.4. The van der Waals surface area contributed by atoms with E-state index < -0.39 is 27.8 Å². The summed E-state index contributed by atoms with van der Waals surface area (Å²) < 4.78 is 67.6. The summed E-state index contributed by atoms with van der Waals surface area (Å²) in [6.07, 6.45) is -1.91. The van der Waals surface area contributed by atoms with Crippen molar-refractivity contribution in [2.45, 2.75) is 11.3 Å². The quantitative estimate of drug-likeness (QED) is 0.423. The van der Waals surface area contributed by atoms with Crippen molar-refractivity contribution in [3.8, 4) is 11.5 Å². The van der Waals surface area contributed by atoms with Crippen molar-refractivity contribution in [3.63, 3.8) is 0 Å². The maximum Gasteiger partial charge on any atom is 0.264 e. The molecule has 8 nitrogen and oxygen atoms in total. The first-order chi connectivity index (χ1) is 17.1. The van der Waals surface area contributed by atoms with Gasteiger partial charge in [-0.25, -0.2) is 17.2 Å². The predicted octanol–water partition coefficient (Wildman–Crippen LogP) is 3.35. The lowest BCUT2D eigenvalue weighted by Crippen LogP contribution is -2.43. The average molecular weight is 540 g/mol. The van der Waals surface area contributed by atoms with Gasteiger partial charge in [0.15, 0.2) is 11.5 Å². The van der Waals surface area contributed by atoms with Crippen molar-refractivity contribution in [2.75, 3.05) is 31.6 Å². The Labute approximate surface area is 212 Å². The van der Waals surface area contributed by atoms with Crippen molar-refractivity contribution < 1.29 is 36.6 Å². The number of carboxylic acid groups (broad SMARTS) is 1. The third kappa shape index (κ3) is 5.97. The fourth-order valence-electron chi connectivity index (χ4n) is 3.56. The highest BCUT2D eigenvalue weighted by Gasteiger charge is 2.28. The van der Waals surface area contributed by atoms with E-state index in [1.165, 1.54) is 56.7 Å². The number of sulfonamides is 1. The van der Waals surface area contributed by atoms with Crippen LogP contribution in [-0.2, 0) is 16.4 Å². The number of halogens is 3. The average Bonchev–Trinajstić information content (AvgIpc) is 2.84. The van der Waals surface area contributed by atoms with Gasteiger partial charge in [0.25, 0.3) is 10.0 Å². The number of amides is 1. The van der Waals surface area contributed by atoms with Crippen molar-refractivity contribution in [1.29, 1.82) is 0 Å². The molecule has 0 bridgehead atoms. The van der Waals surface area contributed by atoms with E-state index in [-0.39, 0.29) is 52.0 Å². The molecule has 0 saturated carbocycles. The summed E-state index contributed by atoms with van der Waals surface area (Å²) in [5.41, 5.74) is -0.0293. The number of anilines is 1. The standard InChI is InChI=1S/C24H23ClF2N2O6S/c1-34-22-9-7-17(14-23(22)35-2)36(32,33)29(11-10-28-24(30)31)21-8-6-16(25)12-15(21)13-18-19(26)4-3-5-20(18)27/h3-9,12,14,28H,10-11,13H2,1-2H3,(H,30,31)/p-1. The molecule has 3 rings (SSSR count). The van der Waals surface area contributed by atoms with Crippen LogP contribution in [0.2, 0.25) is 5.02 Å². The molecule has 0 aliphatic heterocycles. The molecule has 0 aliphatic rings. The van der Waals surface area contributed by atoms with E-state index in [4.69, 9.17) is 21.1 Å². The number of hydrogen-bond acceptors (Lipinski definition) is 6. The molecule has 192 valence electrons. The molecule has 0 radical (unpaired) electrons. The molecule has 0 saturated heterocycles. The van der Waals surface area contributed by atoms with E-state index in [0.717, 1.165) is 16.4 Å². The topological polar surface area (TPSA) is 108 Å². The largest absolute Gasteiger partial charge is 0.530 e. The molecule has 12 heteroatoms. The minimum absolute atomic E-state index is 0.0528. The molecule has 0 aliphatic carbocycles. The number of ether oxygens (including phenoxy) is 2. The molecule has 0 atom stereocenters. The summed E-state index contributed by atoms with van der Waals surface area (Å²) in [4.78, 5) is 10.7. The van der Waals surface area contributed by atoms with Gasteiger partial charge in [-0.05, 0) is 48.0 Å². The molecule has 3 aromatic carbocycles.